The number of carbonyl (C=O) groups is 1. The lowest BCUT2D eigenvalue weighted by molar-refractivity contribution is -0.137. The maximum absolute atomic E-state index is 13.4. The number of amides is 1. The van der Waals surface area contributed by atoms with E-state index in [1.165, 1.54) is 18.3 Å². The Morgan fingerprint density at radius 3 is 2.62 bits per heavy atom. The molecule has 0 aliphatic carbocycles. The second-order valence-electron chi connectivity index (χ2n) is 7.83. The molecule has 1 aromatic carbocycles. The first-order chi connectivity index (χ1) is 15.3. The van der Waals surface area contributed by atoms with Crippen molar-refractivity contribution in [3.63, 3.8) is 0 Å². The molecule has 2 bridgehead atoms. The number of halogens is 5. The molecule has 0 spiro atoms. The Morgan fingerprint density at radius 1 is 1.09 bits per heavy atom. The topological polar surface area (TPSA) is 63.9 Å². The van der Waals surface area contributed by atoms with Crippen LogP contribution in [-0.4, -0.2) is 36.6 Å². The maximum Gasteiger partial charge on any atom is 0.417 e. The smallest absolute Gasteiger partial charge is 0.324 e. The summed E-state index contributed by atoms with van der Waals surface area (Å²) in [6, 6.07) is 6.23. The third-order valence-electron chi connectivity index (χ3n) is 5.94. The third-order valence-corrected chi connectivity index (χ3v) is 6.57. The van der Waals surface area contributed by atoms with Gasteiger partial charge in [0.05, 0.1) is 33.3 Å². The predicted octanol–water partition coefficient (Wildman–Crippen LogP) is 5.42. The van der Waals surface area contributed by atoms with Crippen molar-refractivity contribution in [1.82, 2.24) is 24.6 Å². The minimum Gasteiger partial charge on any atom is -0.324 e. The summed E-state index contributed by atoms with van der Waals surface area (Å²) in [5, 5.41) is 8.51. The molecule has 1 saturated heterocycles. The number of aromatic nitrogens is 4. The third kappa shape index (κ3) is 3.44. The van der Waals surface area contributed by atoms with E-state index >= 15 is 0 Å². The number of alkyl halides is 3. The lowest BCUT2D eigenvalue weighted by Gasteiger charge is -2.45. The summed E-state index contributed by atoms with van der Waals surface area (Å²) in [4.78, 5) is 19.4. The van der Waals surface area contributed by atoms with Crippen LogP contribution in [-0.2, 0) is 12.7 Å². The molecule has 11 heteroatoms. The Labute approximate surface area is 191 Å². The van der Waals surface area contributed by atoms with Crippen LogP contribution < -0.4 is 0 Å². The average molecular weight is 482 g/mol. The van der Waals surface area contributed by atoms with Crippen molar-refractivity contribution in [2.45, 2.75) is 44.1 Å². The fourth-order valence-corrected chi connectivity index (χ4v) is 4.95. The Bertz CT molecular complexity index is 1200. The van der Waals surface area contributed by atoms with Crippen LogP contribution in [0.5, 0.6) is 0 Å². The molecule has 6 nitrogen and oxygen atoms in total. The summed E-state index contributed by atoms with van der Waals surface area (Å²) >= 11 is 12.0. The van der Waals surface area contributed by atoms with E-state index in [2.05, 4.69) is 15.2 Å². The molecule has 166 valence electrons. The maximum atomic E-state index is 13.4. The molecule has 2 aliphatic rings. The Morgan fingerprint density at radius 2 is 1.91 bits per heavy atom. The zero-order chi connectivity index (χ0) is 22.6. The fourth-order valence-electron chi connectivity index (χ4n) is 4.52. The molecule has 0 N–H and O–H groups in total. The highest BCUT2D eigenvalue weighted by molar-refractivity contribution is 6.34. The molecule has 0 radical (unpaired) electrons. The van der Waals surface area contributed by atoms with Gasteiger partial charge >= 0.3 is 6.18 Å². The van der Waals surface area contributed by atoms with Gasteiger partial charge in [-0.05, 0) is 43.5 Å². The lowest BCUT2D eigenvalue weighted by Crippen LogP contribution is -2.52. The summed E-state index contributed by atoms with van der Waals surface area (Å²) in [5.41, 5.74) is -0.579. The highest BCUT2D eigenvalue weighted by Gasteiger charge is 2.44. The summed E-state index contributed by atoms with van der Waals surface area (Å²) in [6.45, 7) is 0.417. The van der Waals surface area contributed by atoms with Crippen LogP contribution in [0.2, 0.25) is 10.0 Å². The van der Waals surface area contributed by atoms with Crippen molar-refractivity contribution in [1.29, 1.82) is 0 Å². The zero-order valence-corrected chi connectivity index (χ0v) is 18.0. The highest BCUT2D eigenvalue weighted by atomic mass is 35.5. The SMILES string of the molecule is O=C(c1cccc(C(F)(F)F)c1Cl)N1C2CCCC1c1nnc(-c3ccc(Cl)cn3)n1C2. The zero-order valence-electron chi connectivity index (χ0n) is 16.5. The lowest BCUT2D eigenvalue weighted by atomic mass is 9.90. The van der Waals surface area contributed by atoms with Crippen LogP contribution in [0, 0.1) is 0 Å². The van der Waals surface area contributed by atoms with Gasteiger partial charge in [0, 0.05) is 12.7 Å². The number of fused-ring (bicyclic) bond motifs is 4. The summed E-state index contributed by atoms with van der Waals surface area (Å²) in [6.07, 6.45) is -0.912. The van der Waals surface area contributed by atoms with Gasteiger partial charge in [-0.2, -0.15) is 13.2 Å². The Kier molecular flexibility index (Phi) is 5.13. The van der Waals surface area contributed by atoms with Crippen molar-refractivity contribution in [3.8, 4) is 11.5 Å². The molecule has 1 amide bonds. The van der Waals surface area contributed by atoms with E-state index in [4.69, 9.17) is 23.2 Å². The predicted molar refractivity (Wildman–Crippen MR) is 111 cm³/mol. The van der Waals surface area contributed by atoms with Gasteiger partial charge in [0.25, 0.3) is 5.91 Å². The first-order valence-electron chi connectivity index (χ1n) is 9.99. The number of hydrogen-bond acceptors (Lipinski definition) is 4. The van der Waals surface area contributed by atoms with Gasteiger partial charge in [0.2, 0.25) is 0 Å². The number of nitrogens with zero attached hydrogens (tertiary/aromatic N) is 5. The number of carbonyl (C=O) groups excluding carboxylic acids is 1. The minimum absolute atomic E-state index is 0.161. The van der Waals surface area contributed by atoms with Crippen LogP contribution in [0.4, 0.5) is 13.2 Å². The van der Waals surface area contributed by atoms with Gasteiger partial charge in [-0.3, -0.25) is 9.78 Å². The van der Waals surface area contributed by atoms with Crippen molar-refractivity contribution in [2.75, 3.05) is 0 Å². The number of benzene rings is 1. The summed E-state index contributed by atoms with van der Waals surface area (Å²) in [7, 11) is 0. The van der Waals surface area contributed by atoms with Gasteiger partial charge in [-0.1, -0.05) is 29.3 Å². The Balaban J connectivity index is 1.54. The van der Waals surface area contributed by atoms with Crippen molar-refractivity contribution < 1.29 is 18.0 Å². The normalized spacial score (nSPS) is 20.2. The first-order valence-corrected chi connectivity index (χ1v) is 10.7. The molecule has 2 unspecified atom stereocenters. The van der Waals surface area contributed by atoms with Crippen molar-refractivity contribution >= 4 is 29.1 Å². The van der Waals surface area contributed by atoms with Gasteiger partial charge in [0.1, 0.15) is 5.69 Å². The second-order valence-corrected chi connectivity index (χ2v) is 8.65. The standard InChI is InChI=1S/C21H16Cl2F3N5O/c22-11-7-8-15(27-9-11)18-28-29-19-16-6-1-3-12(10-30(18)19)31(16)20(32)13-4-2-5-14(17(13)23)21(24,25)26/h2,4-5,7-9,12,16H,1,3,6,10H2. The van der Waals surface area contributed by atoms with Crippen molar-refractivity contribution in [2.24, 2.45) is 0 Å². The first kappa shape index (κ1) is 21.2. The molecule has 2 aromatic heterocycles. The Hall–Kier alpha value is -2.65. The molecule has 2 aliphatic heterocycles. The molecule has 32 heavy (non-hydrogen) atoms. The van der Waals surface area contributed by atoms with E-state index in [1.54, 1.807) is 17.0 Å². The number of piperidine rings is 1. The van der Waals surface area contributed by atoms with Crippen LogP contribution in [0.1, 0.15) is 47.1 Å². The van der Waals surface area contributed by atoms with E-state index in [-0.39, 0.29) is 11.6 Å². The number of pyridine rings is 1. The minimum atomic E-state index is -4.65. The number of hydrogen-bond donors (Lipinski definition) is 0. The average Bonchev–Trinajstić information content (AvgIpc) is 3.16. The van der Waals surface area contributed by atoms with E-state index in [0.717, 1.165) is 12.5 Å². The van der Waals surface area contributed by atoms with Crippen LogP contribution in [0.25, 0.3) is 11.5 Å². The molecular formula is C21H16Cl2F3N5O. The highest BCUT2D eigenvalue weighted by Crippen LogP contribution is 2.42. The molecule has 1 fully saturated rings. The van der Waals surface area contributed by atoms with Crippen LogP contribution >= 0.6 is 23.2 Å². The van der Waals surface area contributed by atoms with E-state index < -0.39 is 28.7 Å². The second kappa shape index (κ2) is 7.74. The van der Waals surface area contributed by atoms with Crippen molar-refractivity contribution in [3.05, 3.63) is 63.5 Å². The van der Waals surface area contributed by atoms with E-state index in [1.807, 2.05) is 4.57 Å². The fraction of sp³-hybridized carbons (Fsp3) is 0.333. The molecular weight excluding hydrogens is 466 g/mol. The molecule has 4 heterocycles. The molecule has 0 saturated carbocycles. The summed E-state index contributed by atoms with van der Waals surface area (Å²) < 4.78 is 41.9. The van der Waals surface area contributed by atoms with Gasteiger partial charge in [-0.25, -0.2) is 0 Å². The van der Waals surface area contributed by atoms with E-state index in [9.17, 15) is 18.0 Å². The molecule has 2 atom stereocenters. The van der Waals surface area contributed by atoms with Crippen LogP contribution in [0.15, 0.2) is 36.5 Å². The van der Waals surface area contributed by atoms with Gasteiger partial charge < -0.3 is 9.47 Å². The molecule has 3 aromatic rings. The van der Waals surface area contributed by atoms with Crippen LogP contribution in [0.3, 0.4) is 0 Å². The largest absolute Gasteiger partial charge is 0.417 e. The van der Waals surface area contributed by atoms with Gasteiger partial charge in [-0.15, -0.1) is 10.2 Å². The molecule has 5 rings (SSSR count). The summed E-state index contributed by atoms with van der Waals surface area (Å²) in [5.74, 6) is 0.623. The van der Waals surface area contributed by atoms with E-state index in [0.29, 0.717) is 41.8 Å². The monoisotopic (exact) mass is 481 g/mol. The number of rotatable bonds is 2. The van der Waals surface area contributed by atoms with Gasteiger partial charge in [0.15, 0.2) is 11.6 Å². The quantitative estimate of drug-likeness (QED) is 0.490.